The highest BCUT2D eigenvalue weighted by Gasteiger charge is 2.21. The van der Waals surface area contributed by atoms with Crippen molar-refractivity contribution in [2.24, 2.45) is 0 Å². The number of hydrogen-bond donors (Lipinski definition) is 1. The molecule has 0 saturated heterocycles. The number of rotatable bonds is 8. The fourth-order valence-electron chi connectivity index (χ4n) is 3.09. The van der Waals surface area contributed by atoms with E-state index in [9.17, 15) is 16.8 Å². The van der Waals surface area contributed by atoms with Crippen LogP contribution >= 0.6 is 11.3 Å². The molecule has 0 amide bonds. The lowest BCUT2D eigenvalue weighted by Gasteiger charge is -2.24. The molecule has 31 heavy (non-hydrogen) atoms. The van der Waals surface area contributed by atoms with Crippen molar-refractivity contribution in [1.82, 2.24) is 9.29 Å². The van der Waals surface area contributed by atoms with Crippen LogP contribution in [0.3, 0.4) is 0 Å². The number of nitrogens with zero attached hydrogens (tertiary/aromatic N) is 3. The molecular formula is C20H24N4O4S3. The zero-order chi connectivity index (χ0) is 22.8. The topological polar surface area (TPSA) is 99.7 Å². The Kier molecular flexibility index (Phi) is 6.70. The van der Waals surface area contributed by atoms with Gasteiger partial charge < -0.3 is 4.90 Å². The molecule has 0 aliphatic carbocycles. The van der Waals surface area contributed by atoms with E-state index in [1.165, 1.54) is 49.7 Å². The molecule has 2 aromatic carbocycles. The standard InChI is InChI=1S/C20H24N4O4S3/c1-15-6-5-7-19(20(15)24(4)13-16-12-21-14-29-16)22-30(25,26)17-8-10-18(11-9-17)31(27,28)23(2)3/h5-12,14,22H,13H2,1-4H3. The molecule has 0 atom stereocenters. The van der Waals surface area contributed by atoms with Crippen molar-refractivity contribution in [3.05, 3.63) is 64.6 Å². The first kappa shape index (κ1) is 23.2. The number of sulfonamides is 2. The maximum Gasteiger partial charge on any atom is 0.261 e. The highest BCUT2D eigenvalue weighted by Crippen LogP contribution is 2.32. The number of aromatic nitrogens is 1. The zero-order valence-corrected chi connectivity index (χ0v) is 20.1. The minimum absolute atomic E-state index is 0.0250. The van der Waals surface area contributed by atoms with Gasteiger partial charge in [0.2, 0.25) is 10.0 Å². The Labute approximate surface area is 187 Å². The third kappa shape index (κ3) is 5.06. The first-order chi connectivity index (χ1) is 14.5. The molecule has 166 valence electrons. The van der Waals surface area contributed by atoms with Gasteiger partial charge in [0.1, 0.15) is 0 Å². The first-order valence-electron chi connectivity index (χ1n) is 9.26. The summed E-state index contributed by atoms with van der Waals surface area (Å²) < 4.78 is 54.2. The number of aryl methyl sites for hydroxylation is 1. The minimum atomic E-state index is -3.93. The SMILES string of the molecule is Cc1cccc(NS(=O)(=O)c2ccc(S(=O)(=O)N(C)C)cc2)c1N(C)Cc1cncs1. The molecule has 1 heterocycles. The van der Waals surface area contributed by atoms with E-state index >= 15 is 0 Å². The van der Waals surface area contributed by atoms with Crippen molar-refractivity contribution in [1.29, 1.82) is 0 Å². The summed E-state index contributed by atoms with van der Waals surface area (Å²) in [4.78, 5) is 7.10. The van der Waals surface area contributed by atoms with Gasteiger partial charge in [-0.15, -0.1) is 11.3 Å². The van der Waals surface area contributed by atoms with Crippen LogP contribution in [0.15, 0.2) is 64.0 Å². The summed E-state index contributed by atoms with van der Waals surface area (Å²) in [6.07, 6.45) is 1.78. The molecule has 0 radical (unpaired) electrons. The molecule has 0 fully saturated rings. The second-order valence-corrected chi connectivity index (χ2v) is 12.0. The molecule has 0 bridgehead atoms. The molecule has 1 N–H and O–H groups in total. The van der Waals surface area contributed by atoms with E-state index in [4.69, 9.17) is 0 Å². The normalized spacial score (nSPS) is 12.2. The van der Waals surface area contributed by atoms with Gasteiger partial charge in [-0.3, -0.25) is 9.71 Å². The second-order valence-electron chi connectivity index (χ2n) is 7.16. The van der Waals surface area contributed by atoms with Gasteiger partial charge in [0.15, 0.2) is 0 Å². The van der Waals surface area contributed by atoms with Crippen LogP contribution in [-0.4, -0.2) is 47.3 Å². The Morgan fingerprint density at radius 3 is 2.19 bits per heavy atom. The molecule has 0 aliphatic rings. The van der Waals surface area contributed by atoms with Crippen molar-refractivity contribution < 1.29 is 16.8 Å². The van der Waals surface area contributed by atoms with E-state index in [0.29, 0.717) is 12.2 Å². The van der Waals surface area contributed by atoms with Crippen LogP contribution in [0.25, 0.3) is 0 Å². The van der Waals surface area contributed by atoms with Crippen LogP contribution in [0.4, 0.5) is 11.4 Å². The van der Waals surface area contributed by atoms with Gasteiger partial charge in [-0.25, -0.2) is 21.1 Å². The average molecular weight is 481 g/mol. The summed E-state index contributed by atoms with van der Waals surface area (Å²) >= 11 is 1.53. The minimum Gasteiger partial charge on any atom is -0.367 e. The van der Waals surface area contributed by atoms with Gasteiger partial charge in [0.05, 0.1) is 33.2 Å². The summed E-state index contributed by atoms with van der Waals surface area (Å²) in [6, 6.07) is 10.5. The Morgan fingerprint density at radius 1 is 0.968 bits per heavy atom. The lowest BCUT2D eigenvalue weighted by molar-refractivity contribution is 0.520. The predicted molar refractivity (Wildman–Crippen MR) is 124 cm³/mol. The van der Waals surface area contributed by atoms with E-state index in [1.807, 2.05) is 24.9 Å². The van der Waals surface area contributed by atoms with Crippen LogP contribution < -0.4 is 9.62 Å². The number of para-hydroxylation sites is 1. The summed E-state index contributed by atoms with van der Waals surface area (Å²) in [6.45, 7) is 2.50. The largest absolute Gasteiger partial charge is 0.367 e. The number of nitrogens with one attached hydrogen (secondary N) is 1. The highest BCUT2D eigenvalue weighted by molar-refractivity contribution is 7.92. The molecular weight excluding hydrogens is 456 g/mol. The third-order valence-corrected chi connectivity index (χ3v) is 8.63. The Bertz CT molecular complexity index is 1250. The molecule has 1 aromatic heterocycles. The Balaban J connectivity index is 1.91. The second kappa shape index (κ2) is 8.95. The molecule has 0 saturated carbocycles. The smallest absolute Gasteiger partial charge is 0.261 e. The van der Waals surface area contributed by atoms with Gasteiger partial charge in [0.25, 0.3) is 10.0 Å². The van der Waals surface area contributed by atoms with Crippen molar-refractivity contribution in [2.45, 2.75) is 23.3 Å². The van der Waals surface area contributed by atoms with Crippen molar-refractivity contribution in [3.63, 3.8) is 0 Å². The van der Waals surface area contributed by atoms with Gasteiger partial charge in [-0.2, -0.15) is 0 Å². The van der Waals surface area contributed by atoms with E-state index in [0.717, 1.165) is 20.4 Å². The van der Waals surface area contributed by atoms with Crippen LogP contribution in [0.1, 0.15) is 10.4 Å². The fourth-order valence-corrected chi connectivity index (χ4v) is 5.70. The van der Waals surface area contributed by atoms with E-state index < -0.39 is 20.0 Å². The van der Waals surface area contributed by atoms with Gasteiger partial charge in [-0.1, -0.05) is 12.1 Å². The van der Waals surface area contributed by atoms with Gasteiger partial charge in [-0.05, 0) is 42.8 Å². The van der Waals surface area contributed by atoms with Crippen LogP contribution in [-0.2, 0) is 26.6 Å². The fraction of sp³-hybridized carbons (Fsp3) is 0.250. The number of benzene rings is 2. The number of anilines is 2. The Hall–Kier alpha value is -2.47. The Morgan fingerprint density at radius 2 is 1.61 bits per heavy atom. The molecule has 0 aliphatic heterocycles. The molecule has 0 unspecified atom stereocenters. The molecule has 3 rings (SSSR count). The molecule has 11 heteroatoms. The van der Waals surface area contributed by atoms with E-state index in [-0.39, 0.29) is 9.79 Å². The van der Waals surface area contributed by atoms with Crippen molar-refractivity contribution in [3.8, 4) is 0 Å². The molecule has 3 aromatic rings. The van der Waals surface area contributed by atoms with Crippen molar-refractivity contribution >= 4 is 42.8 Å². The van der Waals surface area contributed by atoms with Crippen LogP contribution in [0.2, 0.25) is 0 Å². The lowest BCUT2D eigenvalue weighted by Crippen LogP contribution is -2.22. The maximum absolute atomic E-state index is 13.0. The molecule has 0 spiro atoms. The van der Waals surface area contributed by atoms with Gasteiger partial charge >= 0.3 is 0 Å². The van der Waals surface area contributed by atoms with Crippen LogP contribution in [0.5, 0.6) is 0 Å². The first-order valence-corrected chi connectivity index (χ1v) is 13.1. The average Bonchev–Trinajstić information content (AvgIpc) is 3.20. The number of hydrogen-bond acceptors (Lipinski definition) is 7. The summed E-state index contributed by atoms with van der Waals surface area (Å²) in [5.41, 5.74) is 3.87. The summed E-state index contributed by atoms with van der Waals surface area (Å²) in [5.74, 6) is 0. The quantitative estimate of drug-likeness (QED) is 0.532. The monoisotopic (exact) mass is 480 g/mol. The highest BCUT2D eigenvalue weighted by atomic mass is 32.2. The lowest BCUT2D eigenvalue weighted by atomic mass is 10.1. The van der Waals surface area contributed by atoms with Gasteiger partial charge in [0, 0.05) is 32.2 Å². The zero-order valence-electron chi connectivity index (χ0n) is 17.6. The third-order valence-electron chi connectivity index (χ3n) is 4.65. The predicted octanol–water partition coefficient (Wildman–Crippen LogP) is 3.14. The maximum atomic E-state index is 13.0. The van der Waals surface area contributed by atoms with E-state index in [1.54, 1.807) is 23.8 Å². The van der Waals surface area contributed by atoms with E-state index in [2.05, 4.69) is 9.71 Å². The summed E-state index contributed by atoms with van der Waals surface area (Å²) in [7, 11) is -2.83. The summed E-state index contributed by atoms with van der Waals surface area (Å²) in [5, 5.41) is 0. The van der Waals surface area contributed by atoms with Crippen LogP contribution in [0, 0.1) is 6.92 Å². The number of thiazole rings is 1. The van der Waals surface area contributed by atoms with Crippen molar-refractivity contribution in [2.75, 3.05) is 30.8 Å². The molecule has 8 nitrogen and oxygen atoms in total.